The van der Waals surface area contributed by atoms with Crippen LogP contribution >= 0.6 is 0 Å². The summed E-state index contributed by atoms with van der Waals surface area (Å²) in [6.45, 7) is 11.3. The lowest BCUT2D eigenvalue weighted by Gasteiger charge is -2.40. The summed E-state index contributed by atoms with van der Waals surface area (Å²) < 4.78 is 17.0. The fourth-order valence-electron chi connectivity index (χ4n) is 1.76. The molecule has 0 N–H and O–H groups in total. The molecule has 0 rings (SSSR count). The zero-order valence-corrected chi connectivity index (χ0v) is 13.4. The fraction of sp³-hybridized carbons (Fsp3) is 1.00. The molecule has 0 aromatic heterocycles. The Labute approximate surface area is 103 Å². The first-order chi connectivity index (χ1) is 7.70. The molecule has 0 fully saturated rings. The van der Waals surface area contributed by atoms with Gasteiger partial charge in [-0.3, -0.25) is 0 Å². The van der Waals surface area contributed by atoms with E-state index in [2.05, 4.69) is 18.7 Å². The first kappa shape index (κ1) is 16.1. The summed E-state index contributed by atoms with van der Waals surface area (Å²) in [5.41, 5.74) is 0. The van der Waals surface area contributed by atoms with Crippen molar-refractivity contribution in [2.24, 2.45) is 0 Å². The quantitative estimate of drug-likeness (QED) is 0.428. The second-order valence-corrected chi connectivity index (χ2v) is 3.99. The third-order valence-corrected chi connectivity index (χ3v) is 2.80. The number of hydrogen-bond acceptors (Lipinski definition) is 4. The summed E-state index contributed by atoms with van der Waals surface area (Å²) in [5.74, 6) is 0. The Hall–Kier alpha value is 0.0569. The molecule has 0 saturated carbocycles. The van der Waals surface area contributed by atoms with Crippen molar-refractivity contribution in [3.05, 3.63) is 0 Å². The number of ether oxygens (including phenoxy) is 2. The van der Waals surface area contributed by atoms with Crippen LogP contribution < -0.4 is 0 Å². The van der Waals surface area contributed by atoms with Crippen LogP contribution in [0.4, 0.5) is 0 Å². The second kappa shape index (κ2) is 9.12. The van der Waals surface area contributed by atoms with Crippen LogP contribution in [0.15, 0.2) is 0 Å². The molecule has 5 heteroatoms. The lowest BCUT2D eigenvalue weighted by molar-refractivity contribution is -0.413. The first-order valence-electron chi connectivity index (χ1n) is 6.28. The fourth-order valence-corrected chi connectivity index (χ4v) is 2.26. The molecule has 0 amide bonds. The van der Waals surface area contributed by atoms with Crippen molar-refractivity contribution in [3.8, 4) is 0 Å². The Morgan fingerprint density at radius 2 is 1.38 bits per heavy atom. The van der Waals surface area contributed by atoms with Crippen LogP contribution in [0.3, 0.4) is 0 Å². The minimum Gasteiger partial charge on any atom is -0.367 e. The highest BCUT2D eigenvalue weighted by Gasteiger charge is 2.37. The largest absolute Gasteiger partial charge is 0.367 e. The summed E-state index contributed by atoms with van der Waals surface area (Å²) in [6.07, 6.45) is 1.18. The van der Waals surface area contributed by atoms with Crippen molar-refractivity contribution in [1.29, 1.82) is 0 Å². The normalized spacial score (nSPS) is 12.6. The molecular weight excluding hydrogens is 222 g/mol. The van der Waals surface area contributed by atoms with Crippen molar-refractivity contribution in [1.82, 2.24) is 4.90 Å². The van der Waals surface area contributed by atoms with Gasteiger partial charge in [0.15, 0.2) is 10.5 Å². The van der Waals surface area contributed by atoms with Gasteiger partial charge in [0.05, 0.1) is 13.2 Å². The van der Waals surface area contributed by atoms with Crippen LogP contribution in [0.1, 0.15) is 40.5 Å². The van der Waals surface area contributed by atoms with Crippen molar-refractivity contribution in [3.63, 3.8) is 0 Å². The predicted molar refractivity (Wildman–Crippen MR) is 69.2 cm³/mol. The van der Waals surface area contributed by atoms with E-state index in [1.54, 1.807) is 0 Å². The maximum Gasteiger partial charge on any atom is 0.342 e. The van der Waals surface area contributed by atoms with E-state index in [1.165, 1.54) is 0 Å². The SMILES string of the molecule is CCCN(CCC)C(O[SiH3])(OCC)OCC. The molecule has 0 unspecified atom stereocenters. The zero-order chi connectivity index (χ0) is 12.4. The summed E-state index contributed by atoms with van der Waals surface area (Å²) >= 11 is 0. The second-order valence-electron chi connectivity index (χ2n) is 3.58. The van der Waals surface area contributed by atoms with Crippen LogP contribution in [0.25, 0.3) is 0 Å². The Morgan fingerprint density at radius 3 is 1.62 bits per heavy atom. The molecule has 0 bridgehead atoms. The topological polar surface area (TPSA) is 30.9 Å². The van der Waals surface area contributed by atoms with Gasteiger partial charge in [-0.1, -0.05) is 13.8 Å². The summed E-state index contributed by atoms with van der Waals surface area (Å²) in [5, 5.41) is 0. The van der Waals surface area contributed by atoms with Crippen LogP contribution in [0.2, 0.25) is 0 Å². The molecule has 0 radical (unpaired) electrons. The van der Waals surface area contributed by atoms with Gasteiger partial charge in [0.2, 0.25) is 0 Å². The molecule has 4 nitrogen and oxygen atoms in total. The van der Waals surface area contributed by atoms with Crippen molar-refractivity contribution >= 4 is 10.5 Å². The van der Waals surface area contributed by atoms with Crippen LogP contribution in [0, 0.1) is 0 Å². The predicted octanol–water partition coefficient (Wildman–Crippen LogP) is 1.09. The summed E-state index contributed by atoms with van der Waals surface area (Å²) in [7, 11) is 0.595. The van der Waals surface area contributed by atoms with Gasteiger partial charge >= 0.3 is 6.10 Å². The highest BCUT2D eigenvalue weighted by molar-refractivity contribution is 5.98. The maximum absolute atomic E-state index is 5.70. The minimum atomic E-state index is -0.943. The van der Waals surface area contributed by atoms with E-state index in [4.69, 9.17) is 13.9 Å². The highest BCUT2D eigenvalue weighted by Crippen LogP contribution is 2.21. The molecule has 16 heavy (non-hydrogen) atoms. The number of hydrogen-bond donors (Lipinski definition) is 0. The van der Waals surface area contributed by atoms with Gasteiger partial charge in [0.25, 0.3) is 0 Å². The number of nitrogens with zero attached hydrogens (tertiary/aromatic N) is 1. The van der Waals surface area contributed by atoms with Crippen LogP contribution in [-0.2, 0) is 13.9 Å². The maximum atomic E-state index is 5.70. The van der Waals surface area contributed by atoms with Gasteiger partial charge in [0, 0.05) is 13.1 Å². The van der Waals surface area contributed by atoms with Crippen molar-refractivity contribution in [2.45, 2.75) is 46.6 Å². The van der Waals surface area contributed by atoms with Gasteiger partial charge in [-0.05, 0) is 26.7 Å². The lowest BCUT2D eigenvalue weighted by Crippen LogP contribution is -2.55. The first-order valence-corrected chi connectivity index (χ1v) is 7.10. The van der Waals surface area contributed by atoms with Gasteiger partial charge in [-0.15, -0.1) is 0 Å². The molecular formula is C11H27NO3Si. The van der Waals surface area contributed by atoms with Crippen molar-refractivity contribution in [2.75, 3.05) is 26.3 Å². The van der Waals surface area contributed by atoms with Gasteiger partial charge in [-0.25, -0.2) is 4.90 Å². The Bertz CT molecular complexity index is 157. The van der Waals surface area contributed by atoms with Gasteiger partial charge in [0.1, 0.15) is 0 Å². The van der Waals surface area contributed by atoms with E-state index >= 15 is 0 Å². The minimum absolute atomic E-state index is 0.589. The molecule has 0 aliphatic heterocycles. The monoisotopic (exact) mass is 249 g/mol. The third-order valence-electron chi connectivity index (χ3n) is 2.29. The lowest BCUT2D eigenvalue weighted by atomic mass is 10.3. The van der Waals surface area contributed by atoms with E-state index in [1.807, 2.05) is 13.8 Å². The standard InChI is InChI=1S/C11H27NO3Si/c1-5-9-12(10-6-2)11(15-16,13-7-3)14-8-4/h5-10H2,1-4,16H3. The van der Waals surface area contributed by atoms with E-state index in [-0.39, 0.29) is 0 Å². The molecule has 0 saturated heterocycles. The van der Waals surface area contributed by atoms with E-state index in [9.17, 15) is 0 Å². The summed E-state index contributed by atoms with van der Waals surface area (Å²) in [4.78, 5) is 2.15. The van der Waals surface area contributed by atoms with Gasteiger partial charge in [-0.2, -0.15) is 0 Å². The van der Waals surface area contributed by atoms with E-state index in [0.29, 0.717) is 23.7 Å². The van der Waals surface area contributed by atoms with Crippen molar-refractivity contribution < 1.29 is 13.9 Å². The average molecular weight is 249 g/mol. The third kappa shape index (κ3) is 4.51. The van der Waals surface area contributed by atoms with Crippen LogP contribution in [-0.4, -0.2) is 47.8 Å². The Kier molecular flexibility index (Phi) is 9.16. The van der Waals surface area contributed by atoms with Gasteiger partial charge < -0.3 is 13.9 Å². The molecule has 0 aliphatic rings. The molecule has 0 spiro atoms. The molecule has 0 heterocycles. The zero-order valence-electron chi connectivity index (χ0n) is 11.4. The highest BCUT2D eigenvalue weighted by atomic mass is 28.2. The molecule has 98 valence electrons. The molecule has 0 aromatic rings. The summed E-state index contributed by atoms with van der Waals surface area (Å²) in [6, 6.07) is 0. The smallest absolute Gasteiger partial charge is 0.342 e. The average Bonchev–Trinajstić information content (AvgIpc) is 2.28. The van der Waals surface area contributed by atoms with E-state index < -0.39 is 6.10 Å². The Balaban J connectivity index is 4.73. The molecule has 0 aliphatic carbocycles. The molecule has 0 aromatic carbocycles. The number of rotatable bonds is 10. The van der Waals surface area contributed by atoms with Crippen LogP contribution in [0.5, 0.6) is 0 Å². The Morgan fingerprint density at radius 1 is 0.938 bits per heavy atom. The van der Waals surface area contributed by atoms with E-state index in [0.717, 1.165) is 25.9 Å². The molecule has 0 atom stereocenters.